The summed E-state index contributed by atoms with van der Waals surface area (Å²) in [4.78, 5) is 26.6. The molecule has 1 heterocycles. The van der Waals surface area contributed by atoms with Crippen molar-refractivity contribution in [2.75, 3.05) is 12.0 Å². The van der Waals surface area contributed by atoms with E-state index in [0.29, 0.717) is 11.4 Å². The van der Waals surface area contributed by atoms with E-state index in [0.717, 1.165) is 6.42 Å². The molecule has 2 bridgehead atoms. The molecular formula is C16H15NO3. The molecule has 4 rings (SSSR count). The second kappa shape index (κ2) is 3.95. The van der Waals surface area contributed by atoms with Crippen LogP contribution in [0.1, 0.15) is 6.42 Å². The first-order chi connectivity index (χ1) is 9.70. The lowest BCUT2D eigenvalue weighted by Crippen LogP contribution is -2.32. The average Bonchev–Trinajstić information content (AvgIpc) is 3.13. The molecule has 4 heteroatoms. The van der Waals surface area contributed by atoms with Gasteiger partial charge in [0.1, 0.15) is 5.75 Å². The Morgan fingerprint density at radius 3 is 2.35 bits per heavy atom. The number of carbonyl (C=O) groups is 2. The van der Waals surface area contributed by atoms with E-state index < -0.39 is 0 Å². The third-order valence-corrected chi connectivity index (χ3v) is 4.78. The van der Waals surface area contributed by atoms with Crippen LogP contribution in [0.3, 0.4) is 0 Å². The normalized spacial score (nSPS) is 34.0. The summed E-state index contributed by atoms with van der Waals surface area (Å²) in [7, 11) is 1.58. The molecule has 0 spiro atoms. The molecule has 1 aromatic carbocycles. The monoisotopic (exact) mass is 269 g/mol. The van der Waals surface area contributed by atoms with E-state index in [1.807, 2.05) is 0 Å². The third kappa shape index (κ3) is 1.36. The second-order valence-electron chi connectivity index (χ2n) is 5.71. The zero-order valence-electron chi connectivity index (χ0n) is 11.2. The topological polar surface area (TPSA) is 46.6 Å². The number of benzene rings is 1. The van der Waals surface area contributed by atoms with Crippen molar-refractivity contribution in [3.63, 3.8) is 0 Å². The van der Waals surface area contributed by atoms with Gasteiger partial charge < -0.3 is 4.74 Å². The van der Waals surface area contributed by atoms with Gasteiger partial charge in [0.15, 0.2) is 0 Å². The van der Waals surface area contributed by atoms with Gasteiger partial charge in [-0.25, -0.2) is 4.90 Å². The van der Waals surface area contributed by atoms with Gasteiger partial charge in [-0.2, -0.15) is 0 Å². The predicted octanol–water partition coefficient (Wildman–Crippen LogP) is 2.01. The number of amides is 2. The number of anilines is 1. The number of hydrogen-bond donors (Lipinski definition) is 0. The summed E-state index contributed by atoms with van der Waals surface area (Å²) in [5.41, 5.74) is 0.619. The van der Waals surface area contributed by atoms with Crippen LogP contribution in [0.5, 0.6) is 5.75 Å². The summed E-state index contributed by atoms with van der Waals surface area (Å²) in [5.74, 6) is 0.748. The van der Waals surface area contributed by atoms with Crippen molar-refractivity contribution in [3.05, 3.63) is 36.4 Å². The summed E-state index contributed by atoms with van der Waals surface area (Å²) in [6.45, 7) is 0. The Morgan fingerprint density at radius 1 is 1.10 bits per heavy atom. The van der Waals surface area contributed by atoms with E-state index in [4.69, 9.17) is 4.74 Å². The van der Waals surface area contributed by atoms with Crippen molar-refractivity contribution in [2.45, 2.75) is 6.42 Å². The van der Waals surface area contributed by atoms with Gasteiger partial charge in [-0.3, -0.25) is 9.59 Å². The number of fused-ring (bicyclic) bond motifs is 5. The molecule has 102 valence electrons. The molecule has 1 aromatic rings. The maximum Gasteiger partial charge on any atom is 0.238 e. The van der Waals surface area contributed by atoms with Gasteiger partial charge in [-0.05, 0) is 30.4 Å². The van der Waals surface area contributed by atoms with Crippen molar-refractivity contribution >= 4 is 17.5 Å². The molecule has 2 amide bonds. The molecule has 1 saturated heterocycles. The van der Waals surface area contributed by atoms with E-state index in [1.54, 1.807) is 31.4 Å². The van der Waals surface area contributed by atoms with E-state index in [1.165, 1.54) is 4.90 Å². The summed E-state index contributed by atoms with van der Waals surface area (Å²) in [6, 6.07) is 7.14. The van der Waals surface area contributed by atoms with Crippen LogP contribution in [0.15, 0.2) is 36.4 Å². The van der Waals surface area contributed by atoms with E-state index >= 15 is 0 Å². The molecule has 0 radical (unpaired) electrons. The standard InChI is InChI=1S/C16H15NO3/c1-20-12-4-2-3-11(8-12)17-15(18)13-9-5-6-10(7-9)14(13)16(17)19/h2-6,8-10,13-14H,7H2,1H3/t9-,10-,13-,14+/m0/s1. The molecule has 0 unspecified atom stereocenters. The smallest absolute Gasteiger partial charge is 0.238 e. The van der Waals surface area contributed by atoms with Gasteiger partial charge in [-0.1, -0.05) is 18.2 Å². The fourth-order valence-corrected chi connectivity index (χ4v) is 3.91. The molecule has 2 fully saturated rings. The molecule has 2 aliphatic carbocycles. The minimum Gasteiger partial charge on any atom is -0.497 e. The van der Waals surface area contributed by atoms with Crippen molar-refractivity contribution in [3.8, 4) is 5.75 Å². The van der Waals surface area contributed by atoms with Crippen molar-refractivity contribution in [1.82, 2.24) is 0 Å². The fourth-order valence-electron chi connectivity index (χ4n) is 3.91. The number of rotatable bonds is 2. The Kier molecular flexibility index (Phi) is 2.31. The van der Waals surface area contributed by atoms with Crippen LogP contribution in [0.2, 0.25) is 0 Å². The molecule has 1 saturated carbocycles. The minimum absolute atomic E-state index is 0.0508. The number of carbonyl (C=O) groups excluding carboxylic acids is 2. The highest BCUT2D eigenvalue weighted by molar-refractivity contribution is 6.22. The maximum absolute atomic E-state index is 12.6. The number of allylic oxidation sites excluding steroid dienone is 2. The summed E-state index contributed by atoms with van der Waals surface area (Å²) < 4.78 is 5.17. The number of imide groups is 1. The Bertz CT molecular complexity index is 606. The Labute approximate surface area is 117 Å². The lowest BCUT2D eigenvalue weighted by Gasteiger charge is -2.17. The lowest BCUT2D eigenvalue weighted by atomic mass is 9.85. The molecule has 3 aliphatic rings. The van der Waals surface area contributed by atoms with Gasteiger partial charge in [0.25, 0.3) is 0 Å². The SMILES string of the molecule is COc1cccc(N2C(=O)[C@@H]3[C@H](C2=O)[C@H]2C=C[C@H]3C2)c1. The van der Waals surface area contributed by atoms with Crippen LogP contribution < -0.4 is 9.64 Å². The van der Waals surface area contributed by atoms with Gasteiger partial charge in [0.2, 0.25) is 11.8 Å². The van der Waals surface area contributed by atoms with Gasteiger partial charge >= 0.3 is 0 Å². The third-order valence-electron chi connectivity index (χ3n) is 4.78. The molecule has 4 atom stereocenters. The fraction of sp³-hybridized carbons (Fsp3) is 0.375. The van der Waals surface area contributed by atoms with Gasteiger partial charge in [0.05, 0.1) is 24.6 Å². The summed E-state index contributed by atoms with van der Waals surface area (Å²) in [5, 5.41) is 0. The van der Waals surface area contributed by atoms with Crippen LogP contribution in [-0.2, 0) is 9.59 Å². The number of methoxy groups -OCH3 is 1. The van der Waals surface area contributed by atoms with Crippen LogP contribution in [0.25, 0.3) is 0 Å². The number of ether oxygens (including phenoxy) is 1. The van der Waals surface area contributed by atoms with Crippen LogP contribution in [-0.4, -0.2) is 18.9 Å². The van der Waals surface area contributed by atoms with E-state index in [-0.39, 0.29) is 35.5 Å². The predicted molar refractivity (Wildman–Crippen MR) is 73.2 cm³/mol. The van der Waals surface area contributed by atoms with Crippen LogP contribution in [0, 0.1) is 23.7 Å². The first-order valence-corrected chi connectivity index (χ1v) is 6.91. The second-order valence-corrected chi connectivity index (χ2v) is 5.71. The Balaban J connectivity index is 1.74. The first-order valence-electron chi connectivity index (χ1n) is 6.91. The molecule has 1 aliphatic heterocycles. The molecule has 0 N–H and O–H groups in total. The van der Waals surface area contributed by atoms with Gasteiger partial charge in [-0.15, -0.1) is 0 Å². The van der Waals surface area contributed by atoms with E-state index in [9.17, 15) is 9.59 Å². The number of hydrogen-bond acceptors (Lipinski definition) is 3. The Hall–Kier alpha value is -2.10. The minimum atomic E-state index is -0.149. The first kappa shape index (κ1) is 11.7. The average molecular weight is 269 g/mol. The zero-order chi connectivity index (χ0) is 13.9. The zero-order valence-corrected chi connectivity index (χ0v) is 11.2. The Morgan fingerprint density at radius 2 is 1.75 bits per heavy atom. The lowest BCUT2D eigenvalue weighted by molar-refractivity contribution is -0.123. The highest BCUT2D eigenvalue weighted by Crippen LogP contribution is 2.53. The highest BCUT2D eigenvalue weighted by atomic mass is 16.5. The molecule has 20 heavy (non-hydrogen) atoms. The number of nitrogens with zero attached hydrogens (tertiary/aromatic N) is 1. The summed E-state index contributed by atoms with van der Waals surface area (Å²) in [6.07, 6.45) is 5.16. The molecular weight excluding hydrogens is 254 g/mol. The van der Waals surface area contributed by atoms with Gasteiger partial charge in [0, 0.05) is 6.07 Å². The van der Waals surface area contributed by atoms with Crippen molar-refractivity contribution in [1.29, 1.82) is 0 Å². The van der Waals surface area contributed by atoms with Crippen molar-refractivity contribution < 1.29 is 14.3 Å². The maximum atomic E-state index is 12.6. The van der Waals surface area contributed by atoms with Crippen molar-refractivity contribution in [2.24, 2.45) is 23.7 Å². The highest BCUT2D eigenvalue weighted by Gasteiger charge is 2.59. The largest absolute Gasteiger partial charge is 0.497 e. The van der Waals surface area contributed by atoms with E-state index in [2.05, 4.69) is 12.2 Å². The summed E-state index contributed by atoms with van der Waals surface area (Å²) >= 11 is 0. The molecule has 0 aromatic heterocycles. The quantitative estimate of drug-likeness (QED) is 0.609. The molecule has 4 nitrogen and oxygen atoms in total. The van der Waals surface area contributed by atoms with Crippen LogP contribution in [0.4, 0.5) is 5.69 Å². The van der Waals surface area contributed by atoms with Crippen LogP contribution >= 0.6 is 0 Å².